The maximum absolute atomic E-state index is 13.7. The lowest BCUT2D eigenvalue weighted by Crippen LogP contribution is -2.56. The van der Waals surface area contributed by atoms with Gasteiger partial charge in [-0.1, -0.05) is 19.9 Å². The Morgan fingerprint density at radius 3 is 2.24 bits per heavy atom. The molecule has 276 valence electrons. The number of carbonyl (C=O) groups excluding carboxylic acids is 3. The lowest BCUT2D eigenvalue weighted by molar-refractivity contribution is -0.130. The number of nitrogens with one attached hydrogen (secondary N) is 3. The molecule has 2 bridgehead atoms. The van der Waals surface area contributed by atoms with Crippen LogP contribution in [0, 0.1) is 5.92 Å². The summed E-state index contributed by atoms with van der Waals surface area (Å²) >= 11 is 0. The molecular formula is C33H48N6O10S. The molecule has 1 saturated heterocycles. The molecule has 4 N–H and O–H groups in total. The van der Waals surface area contributed by atoms with Crippen molar-refractivity contribution < 1.29 is 46.9 Å². The minimum Gasteiger partial charge on any atom is -0.496 e. The lowest BCUT2D eigenvalue weighted by Gasteiger charge is -2.35. The van der Waals surface area contributed by atoms with Gasteiger partial charge >= 0.3 is 0 Å². The molecule has 2 aliphatic rings. The normalized spacial score (nSPS) is 19.3. The summed E-state index contributed by atoms with van der Waals surface area (Å²) < 4.78 is 47.3. The van der Waals surface area contributed by atoms with Crippen LogP contribution in [0.3, 0.4) is 0 Å². The van der Waals surface area contributed by atoms with Gasteiger partial charge in [0.2, 0.25) is 11.8 Å². The second-order valence-corrected chi connectivity index (χ2v) is 14.0. The van der Waals surface area contributed by atoms with Crippen molar-refractivity contribution in [3.63, 3.8) is 0 Å². The molecule has 0 aromatic heterocycles. The van der Waals surface area contributed by atoms with Gasteiger partial charge in [-0.05, 0) is 56.1 Å². The zero-order chi connectivity index (χ0) is 36.8. The van der Waals surface area contributed by atoms with Crippen molar-refractivity contribution in [3.05, 3.63) is 47.5 Å². The number of nitrogens with zero attached hydrogens (tertiary/aromatic N) is 3. The Morgan fingerprint density at radius 2 is 1.60 bits per heavy atom. The summed E-state index contributed by atoms with van der Waals surface area (Å²) in [5.74, 6) is -0.194. The molecule has 3 amide bonds. The Morgan fingerprint density at radius 1 is 0.920 bits per heavy atom. The third kappa shape index (κ3) is 10.8. The number of benzene rings is 2. The first kappa shape index (κ1) is 40.0. The number of piperazine rings is 1. The Labute approximate surface area is 293 Å². The number of hydrogen-bond acceptors (Lipinski definition) is 10. The molecule has 0 saturated carbocycles. The predicted molar refractivity (Wildman–Crippen MR) is 185 cm³/mol. The molecule has 2 heterocycles. The Bertz CT molecular complexity index is 1580. The molecule has 0 unspecified atom stereocenters. The summed E-state index contributed by atoms with van der Waals surface area (Å²) in [6, 6.07) is 9.06. The van der Waals surface area contributed by atoms with Crippen molar-refractivity contribution in [1.82, 2.24) is 29.5 Å². The molecule has 50 heavy (non-hydrogen) atoms. The highest BCUT2D eigenvalue weighted by atomic mass is 32.2. The zero-order valence-corrected chi connectivity index (χ0v) is 30.0. The van der Waals surface area contributed by atoms with Crippen LogP contribution in [-0.2, 0) is 31.1 Å². The second-order valence-electron chi connectivity index (χ2n) is 12.0. The average molecular weight is 721 g/mol. The van der Waals surface area contributed by atoms with E-state index in [1.54, 1.807) is 50.2 Å². The number of amides is 3. The second kappa shape index (κ2) is 19.1. The van der Waals surface area contributed by atoms with E-state index in [2.05, 4.69) is 16.0 Å². The summed E-state index contributed by atoms with van der Waals surface area (Å²) in [4.78, 5) is 50.4. The van der Waals surface area contributed by atoms with Crippen molar-refractivity contribution in [2.45, 2.75) is 39.3 Å². The van der Waals surface area contributed by atoms with Crippen LogP contribution >= 0.6 is 0 Å². The van der Waals surface area contributed by atoms with E-state index < -0.39 is 34.6 Å². The van der Waals surface area contributed by atoms with E-state index in [0.29, 0.717) is 67.4 Å². The number of fused-ring (bicyclic) bond motifs is 3. The smallest absolute Gasteiger partial charge is 0.290 e. The SMILES string of the molecule is COc1ccc2cc1Oc1cccc(OC)c1CNC(=O)[C@@H](C(C)C)NC(=O)CN(S(=O)(=O)N1CCN(C)CC1)CCCCNC2=O.O=CO. The summed E-state index contributed by atoms with van der Waals surface area (Å²) in [5, 5.41) is 15.4. The van der Waals surface area contributed by atoms with Gasteiger partial charge in [-0.2, -0.15) is 17.0 Å². The van der Waals surface area contributed by atoms with E-state index in [1.807, 2.05) is 11.9 Å². The highest BCUT2D eigenvalue weighted by Crippen LogP contribution is 2.37. The van der Waals surface area contributed by atoms with E-state index in [9.17, 15) is 22.8 Å². The maximum Gasteiger partial charge on any atom is 0.290 e. The monoisotopic (exact) mass is 720 g/mol. The Kier molecular flexibility index (Phi) is 15.3. The quantitative estimate of drug-likeness (QED) is 0.325. The predicted octanol–water partition coefficient (Wildman–Crippen LogP) is 1.27. The number of ether oxygens (including phenoxy) is 3. The molecule has 1 fully saturated rings. The van der Waals surface area contributed by atoms with Crippen LogP contribution < -0.4 is 30.2 Å². The minimum atomic E-state index is -3.97. The van der Waals surface area contributed by atoms with Crippen molar-refractivity contribution in [2.75, 3.05) is 67.1 Å². The van der Waals surface area contributed by atoms with Gasteiger partial charge in [-0.15, -0.1) is 0 Å². The van der Waals surface area contributed by atoms with Crippen LogP contribution in [0.2, 0.25) is 0 Å². The number of hydrogen-bond donors (Lipinski definition) is 4. The van der Waals surface area contributed by atoms with E-state index in [0.717, 1.165) is 4.31 Å². The van der Waals surface area contributed by atoms with Gasteiger partial charge in [-0.25, -0.2) is 0 Å². The Balaban J connectivity index is 0.00000217. The van der Waals surface area contributed by atoms with Crippen molar-refractivity contribution in [1.29, 1.82) is 0 Å². The third-order valence-electron chi connectivity index (χ3n) is 8.22. The van der Waals surface area contributed by atoms with Crippen LogP contribution in [0.15, 0.2) is 36.4 Å². The molecule has 0 spiro atoms. The molecule has 4 rings (SSSR count). The van der Waals surface area contributed by atoms with E-state index in [-0.39, 0.29) is 43.7 Å². The standard InChI is InChI=1S/C32H46N6O8S.CH2O2/c1-22(2)30-32(41)34-20-24-25(44-4)9-8-10-26(24)46-28-19-23(11-12-27(28)45-5)31(40)33-13-6-7-14-38(21-29(39)35-30)47(42,43)37-17-15-36(3)16-18-37;2-1-3/h8-12,19,22,30H,6-7,13-18,20-21H2,1-5H3,(H,33,40)(H,34,41)(H,35,39);1H,(H,2,3)/t30-;/m1./s1. The summed E-state index contributed by atoms with van der Waals surface area (Å²) in [7, 11) is 0.947. The number of carboxylic acid groups (broad SMARTS) is 1. The fourth-order valence-corrected chi connectivity index (χ4v) is 6.99. The van der Waals surface area contributed by atoms with Gasteiger partial charge in [0.25, 0.3) is 22.6 Å². The first-order valence-electron chi connectivity index (χ1n) is 16.2. The van der Waals surface area contributed by atoms with E-state index in [4.69, 9.17) is 24.1 Å². The lowest BCUT2D eigenvalue weighted by atomic mass is 10.0. The summed E-state index contributed by atoms with van der Waals surface area (Å²) in [6.45, 7) is 5.00. The molecule has 0 aliphatic carbocycles. The van der Waals surface area contributed by atoms with Crippen LogP contribution in [0.4, 0.5) is 0 Å². The van der Waals surface area contributed by atoms with Gasteiger partial charge < -0.3 is 40.2 Å². The first-order chi connectivity index (χ1) is 23.9. The Hall–Kier alpha value is -4.45. The van der Waals surface area contributed by atoms with Gasteiger partial charge in [0.05, 0.1) is 32.9 Å². The minimum absolute atomic E-state index is 0.0102. The average Bonchev–Trinajstić information content (AvgIpc) is 3.09. The van der Waals surface area contributed by atoms with Crippen molar-refractivity contribution >= 4 is 34.4 Å². The number of methoxy groups -OCH3 is 2. The third-order valence-corrected chi connectivity index (χ3v) is 10.2. The van der Waals surface area contributed by atoms with Crippen molar-refractivity contribution in [2.24, 2.45) is 5.92 Å². The van der Waals surface area contributed by atoms with E-state index >= 15 is 0 Å². The highest BCUT2D eigenvalue weighted by Gasteiger charge is 2.34. The first-order valence-corrected chi connectivity index (χ1v) is 17.6. The summed E-state index contributed by atoms with van der Waals surface area (Å²) in [5.41, 5.74) is 0.858. The highest BCUT2D eigenvalue weighted by molar-refractivity contribution is 7.86. The zero-order valence-electron chi connectivity index (χ0n) is 29.1. The van der Waals surface area contributed by atoms with Crippen LogP contribution in [0.1, 0.15) is 42.6 Å². The molecular weight excluding hydrogens is 672 g/mol. The van der Waals surface area contributed by atoms with Crippen LogP contribution in [-0.4, -0.2) is 124 Å². The molecule has 17 heteroatoms. The fraction of sp³-hybridized carbons (Fsp3) is 0.515. The van der Waals surface area contributed by atoms with Crippen molar-refractivity contribution in [3.8, 4) is 23.0 Å². The van der Waals surface area contributed by atoms with E-state index in [1.165, 1.54) is 18.5 Å². The fourth-order valence-electron chi connectivity index (χ4n) is 5.40. The van der Waals surface area contributed by atoms with Crippen LogP contribution in [0.25, 0.3) is 0 Å². The number of rotatable bonds is 5. The number of carbonyl (C=O) groups is 4. The summed E-state index contributed by atoms with van der Waals surface area (Å²) in [6.07, 6.45) is 0.857. The molecule has 0 radical (unpaired) electrons. The number of likely N-dealkylation sites (N-methyl/N-ethyl adjacent to an activating group) is 1. The van der Waals surface area contributed by atoms with Crippen LogP contribution in [0.5, 0.6) is 23.0 Å². The largest absolute Gasteiger partial charge is 0.496 e. The molecule has 2 aliphatic heterocycles. The van der Waals surface area contributed by atoms with Gasteiger partial charge in [0, 0.05) is 44.8 Å². The topological polar surface area (TPSA) is 196 Å². The molecule has 16 nitrogen and oxygen atoms in total. The molecule has 1 atom stereocenters. The molecule has 2 aromatic carbocycles. The maximum atomic E-state index is 13.7. The van der Waals surface area contributed by atoms with Gasteiger partial charge in [0.1, 0.15) is 17.5 Å². The van der Waals surface area contributed by atoms with Gasteiger partial charge in [0.15, 0.2) is 11.5 Å². The molecule has 2 aromatic rings. The van der Waals surface area contributed by atoms with Gasteiger partial charge in [-0.3, -0.25) is 19.2 Å².